The maximum absolute atomic E-state index is 11.1. The van der Waals surface area contributed by atoms with Crippen molar-refractivity contribution in [3.05, 3.63) is 12.7 Å². The van der Waals surface area contributed by atoms with E-state index in [2.05, 4.69) is 12.5 Å². The van der Waals surface area contributed by atoms with Gasteiger partial charge in [-0.05, 0) is 6.42 Å². The van der Waals surface area contributed by atoms with Crippen LogP contribution in [-0.2, 0) is 9.09 Å². The van der Waals surface area contributed by atoms with Crippen LogP contribution in [0.15, 0.2) is 12.7 Å². The summed E-state index contributed by atoms with van der Waals surface area (Å²) in [7, 11) is -3.43. The molecule has 12 heavy (non-hydrogen) atoms. The van der Waals surface area contributed by atoms with Crippen molar-refractivity contribution in [1.29, 1.82) is 0 Å². The minimum atomic E-state index is -3.43. The Balaban J connectivity index is 3.65. The molecule has 0 aliphatic carbocycles. The van der Waals surface area contributed by atoms with Crippen LogP contribution in [-0.4, -0.2) is 17.7 Å². The molecule has 0 amide bonds. The van der Waals surface area contributed by atoms with Gasteiger partial charge < -0.3 is 9.42 Å². The van der Waals surface area contributed by atoms with Gasteiger partial charge in [-0.2, -0.15) is 0 Å². The van der Waals surface area contributed by atoms with Gasteiger partial charge in [-0.3, -0.25) is 4.57 Å². The zero-order chi connectivity index (χ0) is 9.45. The van der Waals surface area contributed by atoms with E-state index in [1.807, 2.05) is 0 Å². The Bertz CT molecular complexity index is 217. The molecular formula is C8H13O3P. The van der Waals surface area contributed by atoms with E-state index in [0.29, 0.717) is 6.42 Å². The van der Waals surface area contributed by atoms with E-state index >= 15 is 0 Å². The van der Waals surface area contributed by atoms with Crippen molar-refractivity contribution in [2.45, 2.75) is 12.8 Å². The van der Waals surface area contributed by atoms with Gasteiger partial charge in [0.2, 0.25) is 0 Å². The van der Waals surface area contributed by atoms with Crippen LogP contribution in [0.3, 0.4) is 0 Å². The van der Waals surface area contributed by atoms with Crippen LogP contribution in [0, 0.1) is 12.3 Å². The maximum atomic E-state index is 11.1. The third-order valence-corrected chi connectivity index (χ3v) is 2.53. The van der Waals surface area contributed by atoms with Crippen molar-refractivity contribution in [1.82, 2.24) is 0 Å². The molecule has 0 aromatic carbocycles. The summed E-state index contributed by atoms with van der Waals surface area (Å²) in [5, 5.41) is 0. The topological polar surface area (TPSA) is 46.5 Å². The van der Waals surface area contributed by atoms with Gasteiger partial charge in [-0.1, -0.05) is 6.08 Å². The van der Waals surface area contributed by atoms with Gasteiger partial charge in [0.1, 0.15) is 0 Å². The van der Waals surface area contributed by atoms with E-state index < -0.39 is 7.60 Å². The highest BCUT2D eigenvalue weighted by Gasteiger charge is 2.16. The lowest BCUT2D eigenvalue weighted by Gasteiger charge is -2.08. The van der Waals surface area contributed by atoms with Crippen LogP contribution in [0.2, 0.25) is 0 Å². The van der Waals surface area contributed by atoms with Crippen LogP contribution in [0.5, 0.6) is 0 Å². The lowest BCUT2D eigenvalue weighted by Crippen LogP contribution is -1.95. The summed E-state index contributed by atoms with van der Waals surface area (Å²) in [5.41, 5.74) is 0. The van der Waals surface area contributed by atoms with E-state index in [9.17, 15) is 4.57 Å². The first-order valence-corrected chi connectivity index (χ1v) is 5.39. The SMILES string of the molecule is C#CCCP(=O)(O)OCCC=C. The van der Waals surface area contributed by atoms with Crippen molar-refractivity contribution in [2.75, 3.05) is 12.8 Å². The second kappa shape index (κ2) is 6.02. The molecule has 0 aromatic heterocycles. The molecule has 68 valence electrons. The van der Waals surface area contributed by atoms with E-state index in [0.717, 1.165) is 0 Å². The molecule has 0 aliphatic rings. The van der Waals surface area contributed by atoms with Crippen molar-refractivity contribution in [2.24, 2.45) is 0 Å². The van der Waals surface area contributed by atoms with Gasteiger partial charge in [0.05, 0.1) is 12.8 Å². The molecule has 0 rings (SSSR count). The quantitative estimate of drug-likeness (QED) is 0.299. The predicted octanol–water partition coefficient (Wildman–Crippen LogP) is 1.79. The largest absolute Gasteiger partial charge is 0.329 e. The molecule has 0 radical (unpaired) electrons. The fourth-order valence-electron chi connectivity index (χ4n) is 0.549. The molecule has 0 aromatic rings. The molecule has 1 unspecified atom stereocenters. The average molecular weight is 188 g/mol. The van der Waals surface area contributed by atoms with Gasteiger partial charge in [-0.25, -0.2) is 0 Å². The molecule has 0 fully saturated rings. The second-order valence-electron chi connectivity index (χ2n) is 2.23. The first kappa shape index (κ1) is 11.4. The Morgan fingerprint density at radius 1 is 1.75 bits per heavy atom. The fourth-order valence-corrected chi connectivity index (χ4v) is 1.48. The van der Waals surface area contributed by atoms with Crippen molar-refractivity contribution in [3.8, 4) is 12.3 Å². The second-order valence-corrected chi connectivity index (χ2v) is 4.21. The zero-order valence-corrected chi connectivity index (χ0v) is 7.80. The van der Waals surface area contributed by atoms with E-state index in [4.69, 9.17) is 15.8 Å². The van der Waals surface area contributed by atoms with Crippen molar-refractivity contribution >= 4 is 7.60 Å². The maximum Gasteiger partial charge on any atom is 0.329 e. The minimum absolute atomic E-state index is 0.0284. The van der Waals surface area contributed by atoms with Crippen LogP contribution < -0.4 is 0 Å². The molecule has 0 spiro atoms. The smallest absolute Gasteiger partial charge is 0.324 e. The third-order valence-electron chi connectivity index (χ3n) is 1.15. The molecule has 0 bridgehead atoms. The average Bonchev–Trinajstić information content (AvgIpc) is 2.01. The summed E-state index contributed by atoms with van der Waals surface area (Å²) >= 11 is 0. The highest BCUT2D eigenvalue weighted by molar-refractivity contribution is 7.52. The van der Waals surface area contributed by atoms with Crippen LogP contribution in [0.1, 0.15) is 12.8 Å². The number of rotatable bonds is 6. The van der Waals surface area contributed by atoms with Crippen LogP contribution in [0.25, 0.3) is 0 Å². The van der Waals surface area contributed by atoms with E-state index in [1.54, 1.807) is 6.08 Å². The Hall–Kier alpha value is -0.550. The van der Waals surface area contributed by atoms with E-state index in [1.165, 1.54) is 0 Å². The van der Waals surface area contributed by atoms with Crippen molar-refractivity contribution < 1.29 is 14.0 Å². The van der Waals surface area contributed by atoms with Crippen molar-refractivity contribution in [3.63, 3.8) is 0 Å². The standard InChI is InChI=1S/C8H13O3P/c1-3-5-7-11-12(9,10)8-6-4-2/h2-3H,1,5-8H2,(H,9,10). The number of hydrogen-bond donors (Lipinski definition) is 1. The summed E-state index contributed by atoms with van der Waals surface area (Å²) in [5.74, 6) is 2.28. The fraction of sp³-hybridized carbons (Fsp3) is 0.500. The summed E-state index contributed by atoms with van der Waals surface area (Å²) in [6.07, 6.45) is 7.43. The first-order chi connectivity index (χ1) is 5.62. The predicted molar refractivity (Wildman–Crippen MR) is 48.9 cm³/mol. The molecule has 0 saturated carbocycles. The molecule has 1 atom stereocenters. The Kier molecular flexibility index (Phi) is 5.74. The monoisotopic (exact) mass is 188 g/mol. The van der Waals surface area contributed by atoms with Gasteiger partial charge in [0.15, 0.2) is 0 Å². The van der Waals surface area contributed by atoms with Crippen LogP contribution in [0.4, 0.5) is 0 Å². The number of terminal acetylenes is 1. The molecule has 4 heteroatoms. The van der Waals surface area contributed by atoms with E-state index in [-0.39, 0.29) is 19.2 Å². The molecular weight excluding hydrogens is 175 g/mol. The molecule has 1 N–H and O–H groups in total. The lowest BCUT2D eigenvalue weighted by molar-refractivity contribution is 0.265. The summed E-state index contributed by atoms with van der Waals surface area (Å²) in [4.78, 5) is 9.08. The summed E-state index contributed by atoms with van der Waals surface area (Å²) in [6.45, 7) is 3.68. The zero-order valence-electron chi connectivity index (χ0n) is 6.90. The van der Waals surface area contributed by atoms with Gasteiger partial charge >= 0.3 is 7.60 Å². The first-order valence-electron chi connectivity index (χ1n) is 3.63. The molecule has 0 heterocycles. The highest BCUT2D eigenvalue weighted by atomic mass is 31.2. The third kappa shape index (κ3) is 6.18. The molecule has 3 nitrogen and oxygen atoms in total. The Morgan fingerprint density at radius 2 is 2.42 bits per heavy atom. The minimum Gasteiger partial charge on any atom is -0.324 e. The lowest BCUT2D eigenvalue weighted by atomic mass is 10.5. The van der Waals surface area contributed by atoms with Gasteiger partial charge in [0, 0.05) is 6.42 Å². The Labute approximate surface area is 73.0 Å². The van der Waals surface area contributed by atoms with Gasteiger partial charge in [0.25, 0.3) is 0 Å². The molecule has 0 aliphatic heterocycles. The van der Waals surface area contributed by atoms with Gasteiger partial charge in [-0.15, -0.1) is 18.9 Å². The van der Waals surface area contributed by atoms with Crippen LogP contribution >= 0.6 is 7.60 Å². The highest BCUT2D eigenvalue weighted by Crippen LogP contribution is 2.42. The summed E-state index contributed by atoms with van der Waals surface area (Å²) < 4.78 is 15.8. The number of hydrogen-bond acceptors (Lipinski definition) is 2. The normalized spacial score (nSPS) is 14.7. The molecule has 0 saturated heterocycles. The summed E-state index contributed by atoms with van der Waals surface area (Å²) in [6, 6.07) is 0. The Morgan fingerprint density at radius 3 is 2.92 bits per heavy atom.